The summed E-state index contributed by atoms with van der Waals surface area (Å²) < 4.78 is 14.0. The fraction of sp³-hybridized carbons (Fsp3) is 0.267. The van der Waals surface area contributed by atoms with E-state index in [2.05, 4.69) is 4.98 Å². The largest absolute Gasteiger partial charge is 0.327 e. The smallest absolute Gasteiger partial charge is 0.137 e. The van der Waals surface area contributed by atoms with Gasteiger partial charge in [-0.2, -0.15) is 0 Å². The Kier molecular flexibility index (Phi) is 4.93. The van der Waals surface area contributed by atoms with E-state index < -0.39 is 0 Å². The molecule has 1 aromatic carbocycles. The summed E-state index contributed by atoms with van der Waals surface area (Å²) in [6.45, 7) is 2.04. The Bertz CT molecular complexity index is 531. The molecule has 0 aliphatic heterocycles. The van der Waals surface area contributed by atoms with Crippen molar-refractivity contribution in [3.8, 4) is 0 Å². The summed E-state index contributed by atoms with van der Waals surface area (Å²) in [5, 5.41) is 0. The molecule has 2 rings (SSSR count). The van der Waals surface area contributed by atoms with Crippen LogP contribution in [0.3, 0.4) is 0 Å². The molecule has 1 heterocycles. The number of nitrogens with zero attached hydrogens (tertiary/aromatic N) is 1. The predicted octanol–water partition coefficient (Wildman–Crippen LogP) is 3.65. The summed E-state index contributed by atoms with van der Waals surface area (Å²) in [6, 6.07) is 9.00. The lowest BCUT2D eigenvalue weighted by atomic mass is 10.0. The van der Waals surface area contributed by atoms with E-state index in [1.54, 1.807) is 18.5 Å². The highest BCUT2D eigenvalue weighted by molar-refractivity contribution is 7.99. The van der Waals surface area contributed by atoms with Crippen LogP contribution in [0, 0.1) is 5.82 Å². The van der Waals surface area contributed by atoms with Crippen LogP contribution in [-0.2, 0) is 6.42 Å². The lowest BCUT2D eigenvalue weighted by Gasteiger charge is -2.13. The van der Waals surface area contributed by atoms with Crippen molar-refractivity contribution in [1.29, 1.82) is 0 Å². The molecular formula is C15H17FN2S. The van der Waals surface area contributed by atoms with Gasteiger partial charge in [0, 0.05) is 23.3 Å². The van der Waals surface area contributed by atoms with Crippen molar-refractivity contribution in [2.45, 2.75) is 35.6 Å². The zero-order valence-corrected chi connectivity index (χ0v) is 11.7. The summed E-state index contributed by atoms with van der Waals surface area (Å²) >= 11 is 1.42. The Hall–Kier alpha value is -1.39. The standard InChI is InChI=1S/C15H17FN2S/c1-2-12(17)10-11-4-3-5-14(16)15(11)19-13-6-8-18-9-7-13/h3-9,12H,2,10,17H2,1H3. The van der Waals surface area contributed by atoms with Crippen LogP contribution >= 0.6 is 11.8 Å². The third kappa shape index (κ3) is 3.78. The van der Waals surface area contributed by atoms with Crippen LogP contribution in [0.5, 0.6) is 0 Å². The van der Waals surface area contributed by atoms with E-state index in [1.807, 2.05) is 25.1 Å². The van der Waals surface area contributed by atoms with Crippen molar-refractivity contribution in [2.24, 2.45) is 5.73 Å². The van der Waals surface area contributed by atoms with Crippen molar-refractivity contribution < 1.29 is 4.39 Å². The number of hydrogen-bond donors (Lipinski definition) is 1. The second-order valence-corrected chi connectivity index (χ2v) is 5.47. The number of rotatable bonds is 5. The summed E-state index contributed by atoms with van der Waals surface area (Å²) in [5.41, 5.74) is 6.94. The minimum atomic E-state index is -0.192. The van der Waals surface area contributed by atoms with Crippen LogP contribution in [-0.4, -0.2) is 11.0 Å². The Morgan fingerprint density at radius 3 is 2.68 bits per heavy atom. The lowest BCUT2D eigenvalue weighted by molar-refractivity contribution is 0.585. The number of pyridine rings is 1. The molecule has 100 valence electrons. The molecule has 19 heavy (non-hydrogen) atoms. The number of halogens is 1. The van der Waals surface area contributed by atoms with Crippen molar-refractivity contribution in [1.82, 2.24) is 4.98 Å². The molecule has 0 amide bonds. The monoisotopic (exact) mass is 276 g/mol. The quantitative estimate of drug-likeness (QED) is 0.906. The van der Waals surface area contributed by atoms with Crippen molar-refractivity contribution in [3.05, 3.63) is 54.1 Å². The first-order valence-corrected chi connectivity index (χ1v) is 7.13. The molecule has 4 heteroatoms. The summed E-state index contributed by atoms with van der Waals surface area (Å²) in [7, 11) is 0. The fourth-order valence-corrected chi connectivity index (χ4v) is 2.72. The molecule has 0 aliphatic rings. The summed E-state index contributed by atoms with van der Waals surface area (Å²) in [5.74, 6) is -0.192. The highest BCUT2D eigenvalue weighted by atomic mass is 32.2. The van der Waals surface area contributed by atoms with E-state index in [1.165, 1.54) is 17.8 Å². The van der Waals surface area contributed by atoms with Crippen LogP contribution < -0.4 is 5.73 Å². The van der Waals surface area contributed by atoms with Crippen LogP contribution in [0.4, 0.5) is 4.39 Å². The van der Waals surface area contributed by atoms with Gasteiger partial charge >= 0.3 is 0 Å². The number of aromatic nitrogens is 1. The van der Waals surface area contributed by atoms with Gasteiger partial charge in [0.05, 0.1) is 4.90 Å². The number of nitrogens with two attached hydrogens (primary N) is 1. The average molecular weight is 276 g/mol. The maximum absolute atomic E-state index is 14.0. The van der Waals surface area contributed by atoms with Gasteiger partial charge in [0.1, 0.15) is 5.82 Å². The highest BCUT2D eigenvalue weighted by Gasteiger charge is 2.12. The Balaban J connectivity index is 2.27. The molecule has 0 radical (unpaired) electrons. The third-order valence-electron chi connectivity index (χ3n) is 2.92. The van der Waals surface area contributed by atoms with Crippen LogP contribution in [0.2, 0.25) is 0 Å². The first-order chi connectivity index (χ1) is 9.20. The molecular weight excluding hydrogens is 259 g/mol. The maximum atomic E-state index is 14.0. The predicted molar refractivity (Wildman–Crippen MR) is 76.7 cm³/mol. The van der Waals surface area contributed by atoms with E-state index >= 15 is 0 Å². The molecule has 1 unspecified atom stereocenters. The van der Waals surface area contributed by atoms with Gasteiger partial charge in [-0.25, -0.2) is 4.39 Å². The fourth-order valence-electron chi connectivity index (χ4n) is 1.78. The van der Waals surface area contributed by atoms with E-state index in [0.717, 1.165) is 16.9 Å². The second kappa shape index (κ2) is 6.68. The molecule has 0 saturated carbocycles. The Labute approximate surface area is 117 Å². The maximum Gasteiger partial charge on any atom is 0.137 e. The van der Waals surface area contributed by atoms with E-state index in [4.69, 9.17) is 5.73 Å². The molecule has 0 saturated heterocycles. The normalized spacial score (nSPS) is 12.4. The van der Waals surface area contributed by atoms with Crippen molar-refractivity contribution in [2.75, 3.05) is 0 Å². The van der Waals surface area contributed by atoms with Gasteiger partial charge in [-0.1, -0.05) is 30.8 Å². The minimum absolute atomic E-state index is 0.0681. The highest BCUT2D eigenvalue weighted by Crippen LogP contribution is 2.32. The van der Waals surface area contributed by atoms with E-state index in [-0.39, 0.29) is 11.9 Å². The molecule has 1 atom stereocenters. The van der Waals surface area contributed by atoms with Gasteiger partial charge in [-0.3, -0.25) is 4.98 Å². The van der Waals surface area contributed by atoms with E-state index in [9.17, 15) is 4.39 Å². The average Bonchev–Trinajstić information content (AvgIpc) is 2.43. The van der Waals surface area contributed by atoms with Crippen LogP contribution in [0.25, 0.3) is 0 Å². The zero-order chi connectivity index (χ0) is 13.7. The topological polar surface area (TPSA) is 38.9 Å². The summed E-state index contributed by atoms with van der Waals surface area (Å²) in [4.78, 5) is 5.61. The molecule has 0 spiro atoms. The molecule has 2 N–H and O–H groups in total. The molecule has 1 aromatic heterocycles. The van der Waals surface area contributed by atoms with Gasteiger partial charge in [0.2, 0.25) is 0 Å². The summed E-state index contributed by atoms with van der Waals surface area (Å²) in [6.07, 6.45) is 5.00. The minimum Gasteiger partial charge on any atom is -0.327 e. The molecule has 0 bridgehead atoms. The second-order valence-electron chi connectivity index (χ2n) is 4.39. The molecule has 0 aliphatic carbocycles. The molecule has 0 fully saturated rings. The molecule has 2 nitrogen and oxygen atoms in total. The van der Waals surface area contributed by atoms with Gasteiger partial charge in [-0.05, 0) is 36.6 Å². The zero-order valence-electron chi connectivity index (χ0n) is 10.8. The van der Waals surface area contributed by atoms with Gasteiger partial charge in [0.25, 0.3) is 0 Å². The first-order valence-electron chi connectivity index (χ1n) is 6.31. The molecule has 2 aromatic rings. The van der Waals surface area contributed by atoms with Crippen LogP contribution in [0.15, 0.2) is 52.5 Å². The number of benzene rings is 1. The first kappa shape index (κ1) is 14.0. The van der Waals surface area contributed by atoms with Crippen molar-refractivity contribution in [3.63, 3.8) is 0 Å². The Morgan fingerprint density at radius 2 is 2.00 bits per heavy atom. The van der Waals surface area contributed by atoms with Crippen molar-refractivity contribution >= 4 is 11.8 Å². The number of hydrogen-bond acceptors (Lipinski definition) is 3. The lowest BCUT2D eigenvalue weighted by Crippen LogP contribution is -2.21. The SMILES string of the molecule is CCC(N)Cc1cccc(F)c1Sc1ccncc1. The van der Waals surface area contributed by atoms with E-state index in [0.29, 0.717) is 11.3 Å². The van der Waals surface area contributed by atoms with Gasteiger partial charge < -0.3 is 5.73 Å². The van der Waals surface area contributed by atoms with Gasteiger partial charge in [0.15, 0.2) is 0 Å². The third-order valence-corrected chi connectivity index (χ3v) is 4.09. The van der Waals surface area contributed by atoms with Gasteiger partial charge in [-0.15, -0.1) is 0 Å². The Morgan fingerprint density at radius 1 is 1.26 bits per heavy atom. The van der Waals surface area contributed by atoms with Crippen LogP contribution in [0.1, 0.15) is 18.9 Å².